The molecule has 8 heteroatoms. The number of aliphatic carboxylic acids is 1. The van der Waals surface area contributed by atoms with Crippen LogP contribution in [-0.2, 0) is 19.1 Å². The number of nitrogens with one attached hydrogen (secondary N) is 1. The van der Waals surface area contributed by atoms with Crippen LogP contribution in [0.1, 0.15) is 30.4 Å². The Balaban J connectivity index is 1.19. The van der Waals surface area contributed by atoms with Crippen molar-refractivity contribution in [1.82, 2.24) is 10.2 Å². The van der Waals surface area contributed by atoms with E-state index in [0.29, 0.717) is 13.0 Å². The number of alkyl carbamates (subject to hydrolysis) is 1. The molecule has 1 aliphatic carbocycles. The number of amides is 2. The van der Waals surface area contributed by atoms with Gasteiger partial charge in [-0.15, -0.1) is 0 Å². The second-order valence-electron chi connectivity index (χ2n) is 8.44. The third kappa shape index (κ3) is 4.85. The van der Waals surface area contributed by atoms with Crippen LogP contribution < -0.4 is 5.32 Å². The van der Waals surface area contributed by atoms with Gasteiger partial charge in [0.2, 0.25) is 5.91 Å². The topological polar surface area (TPSA) is 105 Å². The summed E-state index contributed by atoms with van der Waals surface area (Å²) in [5.41, 5.74) is 4.61. The molecule has 2 atom stereocenters. The van der Waals surface area contributed by atoms with E-state index in [2.05, 4.69) is 29.6 Å². The Hall–Kier alpha value is -3.39. The molecule has 0 radical (unpaired) electrons. The first-order valence-corrected chi connectivity index (χ1v) is 11.2. The van der Waals surface area contributed by atoms with E-state index in [-0.39, 0.29) is 44.1 Å². The third-order valence-electron chi connectivity index (χ3n) is 6.36. The smallest absolute Gasteiger partial charge is 0.407 e. The SMILES string of the molecule is CC1CCN(C(=O)COCCNC(=O)OCC2c3ccccc3-c3ccccc32)C1C(=O)O. The van der Waals surface area contributed by atoms with Gasteiger partial charge in [-0.3, -0.25) is 4.79 Å². The number of rotatable bonds is 8. The summed E-state index contributed by atoms with van der Waals surface area (Å²) in [6, 6.07) is 15.4. The quantitative estimate of drug-likeness (QED) is 0.597. The molecule has 2 aromatic carbocycles. The van der Waals surface area contributed by atoms with E-state index in [9.17, 15) is 19.5 Å². The van der Waals surface area contributed by atoms with Crippen LogP contribution in [0.25, 0.3) is 11.1 Å². The molecule has 0 aromatic heterocycles. The van der Waals surface area contributed by atoms with Crippen LogP contribution in [0.4, 0.5) is 4.79 Å². The molecule has 174 valence electrons. The summed E-state index contributed by atoms with van der Waals surface area (Å²) in [6.45, 7) is 2.55. The minimum atomic E-state index is -0.995. The molecule has 1 fully saturated rings. The normalized spacial score (nSPS) is 19.1. The third-order valence-corrected chi connectivity index (χ3v) is 6.36. The average Bonchev–Trinajstić information content (AvgIpc) is 3.35. The predicted octanol–water partition coefficient (Wildman–Crippen LogP) is 2.86. The van der Waals surface area contributed by atoms with Crippen molar-refractivity contribution in [3.8, 4) is 11.1 Å². The molecular formula is C25H28N2O6. The van der Waals surface area contributed by atoms with Gasteiger partial charge >= 0.3 is 12.1 Å². The summed E-state index contributed by atoms with van der Waals surface area (Å²) in [7, 11) is 0. The van der Waals surface area contributed by atoms with E-state index in [0.717, 1.165) is 22.3 Å². The molecule has 8 nitrogen and oxygen atoms in total. The highest BCUT2D eigenvalue weighted by Gasteiger charge is 2.39. The van der Waals surface area contributed by atoms with Crippen molar-refractivity contribution in [1.29, 1.82) is 0 Å². The van der Waals surface area contributed by atoms with E-state index >= 15 is 0 Å². The van der Waals surface area contributed by atoms with Crippen LogP contribution >= 0.6 is 0 Å². The lowest BCUT2D eigenvalue weighted by atomic mass is 9.98. The largest absolute Gasteiger partial charge is 0.480 e. The highest BCUT2D eigenvalue weighted by Crippen LogP contribution is 2.44. The zero-order valence-corrected chi connectivity index (χ0v) is 18.5. The highest BCUT2D eigenvalue weighted by molar-refractivity contribution is 5.85. The standard InChI is InChI=1S/C25H28N2O6/c1-16-10-12-27(23(16)24(29)30)22(28)15-32-13-11-26-25(31)33-14-21-19-8-4-2-6-17(19)18-7-3-5-9-20(18)21/h2-9,16,21,23H,10-15H2,1H3,(H,26,31)(H,29,30). The second kappa shape index (κ2) is 10.0. The summed E-state index contributed by atoms with van der Waals surface area (Å²) in [6.07, 6.45) is 0.109. The lowest BCUT2D eigenvalue weighted by Crippen LogP contribution is -2.44. The molecule has 2 aromatic rings. The van der Waals surface area contributed by atoms with Gasteiger partial charge in [0.25, 0.3) is 0 Å². The fourth-order valence-corrected chi connectivity index (χ4v) is 4.72. The molecule has 33 heavy (non-hydrogen) atoms. The Morgan fingerprint density at radius 1 is 1.06 bits per heavy atom. The number of likely N-dealkylation sites (tertiary alicyclic amines) is 1. The first kappa shape index (κ1) is 22.8. The van der Waals surface area contributed by atoms with Crippen LogP contribution in [-0.4, -0.2) is 66.9 Å². The number of ether oxygens (including phenoxy) is 2. The van der Waals surface area contributed by atoms with Gasteiger partial charge < -0.3 is 24.8 Å². The van der Waals surface area contributed by atoms with Crippen molar-refractivity contribution in [3.63, 3.8) is 0 Å². The monoisotopic (exact) mass is 452 g/mol. The van der Waals surface area contributed by atoms with Gasteiger partial charge in [-0.2, -0.15) is 0 Å². The lowest BCUT2D eigenvalue weighted by molar-refractivity contribution is -0.151. The van der Waals surface area contributed by atoms with Crippen molar-refractivity contribution in [3.05, 3.63) is 59.7 Å². The fraction of sp³-hybridized carbons (Fsp3) is 0.400. The van der Waals surface area contributed by atoms with E-state index in [4.69, 9.17) is 9.47 Å². The summed E-state index contributed by atoms with van der Waals surface area (Å²) in [4.78, 5) is 37.2. The average molecular weight is 453 g/mol. The van der Waals surface area contributed by atoms with Crippen molar-refractivity contribution >= 4 is 18.0 Å². The zero-order valence-electron chi connectivity index (χ0n) is 18.5. The number of benzene rings is 2. The zero-order chi connectivity index (χ0) is 23.4. The summed E-state index contributed by atoms with van der Waals surface area (Å²) in [5, 5.41) is 11.9. The Labute approximate surface area is 192 Å². The minimum absolute atomic E-state index is 0.0120. The second-order valence-corrected chi connectivity index (χ2v) is 8.44. The molecule has 2 aliphatic rings. The lowest BCUT2D eigenvalue weighted by Gasteiger charge is -2.23. The van der Waals surface area contributed by atoms with Gasteiger partial charge in [-0.1, -0.05) is 55.5 Å². The highest BCUT2D eigenvalue weighted by atomic mass is 16.5. The van der Waals surface area contributed by atoms with Gasteiger partial charge in [-0.05, 0) is 34.6 Å². The Kier molecular flexibility index (Phi) is 6.93. The van der Waals surface area contributed by atoms with E-state index in [1.807, 2.05) is 31.2 Å². The number of fused-ring (bicyclic) bond motifs is 3. The van der Waals surface area contributed by atoms with Gasteiger partial charge in [0.15, 0.2) is 0 Å². The number of carboxylic acids is 1. The maximum atomic E-state index is 12.3. The summed E-state index contributed by atoms with van der Waals surface area (Å²) in [5.74, 6) is -1.44. The first-order chi connectivity index (χ1) is 16.0. The van der Waals surface area contributed by atoms with E-state index < -0.39 is 18.1 Å². The molecule has 0 saturated carbocycles. The first-order valence-electron chi connectivity index (χ1n) is 11.2. The van der Waals surface area contributed by atoms with Crippen molar-refractivity contribution in [2.24, 2.45) is 5.92 Å². The molecule has 1 saturated heterocycles. The maximum absolute atomic E-state index is 12.3. The fourth-order valence-electron chi connectivity index (χ4n) is 4.72. The molecule has 1 aliphatic heterocycles. The predicted molar refractivity (Wildman–Crippen MR) is 121 cm³/mol. The number of hydrogen-bond donors (Lipinski definition) is 2. The van der Waals surface area contributed by atoms with Crippen molar-refractivity contribution in [2.45, 2.75) is 25.3 Å². The molecule has 1 heterocycles. The van der Waals surface area contributed by atoms with Crippen LogP contribution in [0.2, 0.25) is 0 Å². The summed E-state index contributed by atoms with van der Waals surface area (Å²) < 4.78 is 10.8. The van der Waals surface area contributed by atoms with Crippen LogP contribution in [0.15, 0.2) is 48.5 Å². The number of carbonyl (C=O) groups is 3. The molecule has 2 unspecified atom stereocenters. The number of carbonyl (C=O) groups excluding carboxylic acids is 2. The molecule has 2 amide bonds. The van der Waals surface area contributed by atoms with Crippen molar-refractivity contribution in [2.75, 3.05) is 32.9 Å². The maximum Gasteiger partial charge on any atom is 0.407 e. The number of hydrogen-bond acceptors (Lipinski definition) is 5. The molecule has 0 spiro atoms. The number of carboxylic acid groups (broad SMARTS) is 1. The molecule has 0 bridgehead atoms. The minimum Gasteiger partial charge on any atom is -0.480 e. The van der Waals surface area contributed by atoms with Crippen LogP contribution in [0, 0.1) is 5.92 Å². The van der Waals surface area contributed by atoms with Crippen molar-refractivity contribution < 1.29 is 29.0 Å². The van der Waals surface area contributed by atoms with Gasteiger partial charge in [-0.25, -0.2) is 9.59 Å². The Morgan fingerprint density at radius 2 is 1.70 bits per heavy atom. The van der Waals surface area contributed by atoms with Gasteiger partial charge in [0.1, 0.15) is 19.3 Å². The molecular weight excluding hydrogens is 424 g/mol. The molecule has 4 rings (SSSR count). The van der Waals surface area contributed by atoms with Crippen LogP contribution in [0.3, 0.4) is 0 Å². The molecule has 2 N–H and O–H groups in total. The summed E-state index contributed by atoms with van der Waals surface area (Å²) >= 11 is 0. The Morgan fingerprint density at radius 3 is 2.33 bits per heavy atom. The Bertz CT molecular complexity index is 994. The van der Waals surface area contributed by atoms with Gasteiger partial charge in [0.05, 0.1) is 6.61 Å². The number of nitrogens with zero attached hydrogens (tertiary/aromatic N) is 1. The van der Waals surface area contributed by atoms with Gasteiger partial charge in [0, 0.05) is 19.0 Å². The van der Waals surface area contributed by atoms with E-state index in [1.165, 1.54) is 4.90 Å². The van der Waals surface area contributed by atoms with E-state index in [1.54, 1.807) is 0 Å². The van der Waals surface area contributed by atoms with Crippen LogP contribution in [0.5, 0.6) is 0 Å².